The van der Waals surface area contributed by atoms with E-state index in [0.717, 1.165) is 13.1 Å². The number of carboxylic acid groups (broad SMARTS) is 1. The van der Waals surface area contributed by atoms with Crippen LogP contribution in [-0.4, -0.2) is 69.8 Å². The van der Waals surface area contributed by atoms with Crippen molar-refractivity contribution in [1.29, 1.82) is 0 Å². The number of carbonyl (C=O) groups is 2. The molecule has 0 aromatic carbocycles. The Balaban J connectivity index is 2.01. The van der Waals surface area contributed by atoms with Gasteiger partial charge in [0.1, 0.15) is 12.1 Å². The highest BCUT2D eigenvalue weighted by Crippen LogP contribution is 2.08. The molecule has 0 unspecified atom stereocenters. The number of hydrogen-bond donors (Lipinski definition) is 1. The average Bonchev–Trinajstić information content (AvgIpc) is 2.72. The van der Waals surface area contributed by atoms with Crippen molar-refractivity contribution in [3.8, 4) is 0 Å². The van der Waals surface area contributed by atoms with Crippen molar-refractivity contribution in [3.63, 3.8) is 0 Å². The number of aromatic carboxylic acids is 1. The smallest absolute Gasteiger partial charge is 0.339 e. The molecule has 2 heterocycles. The molecule has 0 saturated carbocycles. The van der Waals surface area contributed by atoms with E-state index in [1.165, 1.54) is 10.9 Å². The van der Waals surface area contributed by atoms with Gasteiger partial charge < -0.3 is 14.9 Å². The standard InChI is InChI=1S/C12H18N4O3/c1-9-10(12(18)19)7-13-16(9)8-11(17)15-5-3-14(2)4-6-15/h7H,3-6,8H2,1-2H3,(H,18,19). The quantitative estimate of drug-likeness (QED) is 0.810. The van der Waals surface area contributed by atoms with E-state index >= 15 is 0 Å². The third-order valence-corrected chi connectivity index (χ3v) is 3.47. The van der Waals surface area contributed by atoms with E-state index in [1.807, 2.05) is 7.05 Å². The van der Waals surface area contributed by atoms with Crippen LogP contribution in [0.15, 0.2) is 6.20 Å². The zero-order chi connectivity index (χ0) is 14.0. The van der Waals surface area contributed by atoms with Crippen LogP contribution in [0.5, 0.6) is 0 Å². The summed E-state index contributed by atoms with van der Waals surface area (Å²) in [5.74, 6) is -1.04. The first-order valence-electron chi connectivity index (χ1n) is 6.21. The van der Waals surface area contributed by atoms with Gasteiger partial charge in [0.05, 0.1) is 11.9 Å². The first-order chi connectivity index (χ1) is 8.99. The molecule has 19 heavy (non-hydrogen) atoms. The second kappa shape index (κ2) is 5.40. The van der Waals surface area contributed by atoms with Crippen molar-refractivity contribution >= 4 is 11.9 Å². The van der Waals surface area contributed by atoms with Gasteiger partial charge in [-0.15, -0.1) is 0 Å². The molecule has 0 spiro atoms. The molecule has 1 fully saturated rings. The van der Waals surface area contributed by atoms with Crippen LogP contribution >= 0.6 is 0 Å². The summed E-state index contributed by atoms with van der Waals surface area (Å²) in [4.78, 5) is 27.0. The Kier molecular flexibility index (Phi) is 3.84. The fraction of sp³-hybridized carbons (Fsp3) is 0.583. The van der Waals surface area contributed by atoms with Crippen molar-refractivity contribution in [1.82, 2.24) is 19.6 Å². The highest BCUT2D eigenvalue weighted by atomic mass is 16.4. The Hall–Kier alpha value is -1.89. The molecule has 2 rings (SSSR count). The second-order valence-electron chi connectivity index (χ2n) is 4.79. The number of carbonyl (C=O) groups excluding carboxylic acids is 1. The molecule has 1 N–H and O–H groups in total. The van der Waals surface area contributed by atoms with Crippen LogP contribution in [0.2, 0.25) is 0 Å². The van der Waals surface area contributed by atoms with Crippen LogP contribution in [0.3, 0.4) is 0 Å². The summed E-state index contributed by atoms with van der Waals surface area (Å²) in [5, 5.41) is 12.9. The lowest BCUT2D eigenvalue weighted by molar-refractivity contribution is -0.133. The van der Waals surface area contributed by atoms with E-state index in [-0.39, 0.29) is 18.0 Å². The molecule has 1 aliphatic heterocycles. The zero-order valence-corrected chi connectivity index (χ0v) is 11.2. The van der Waals surface area contributed by atoms with Crippen LogP contribution in [0.4, 0.5) is 0 Å². The number of amides is 1. The number of hydrogen-bond acceptors (Lipinski definition) is 4. The van der Waals surface area contributed by atoms with E-state index in [0.29, 0.717) is 18.8 Å². The highest BCUT2D eigenvalue weighted by molar-refractivity contribution is 5.88. The van der Waals surface area contributed by atoms with E-state index in [9.17, 15) is 9.59 Å². The number of piperazine rings is 1. The molecule has 0 atom stereocenters. The minimum absolute atomic E-state index is 0.0174. The van der Waals surface area contributed by atoms with Gasteiger partial charge in [0.15, 0.2) is 0 Å². The second-order valence-corrected chi connectivity index (χ2v) is 4.79. The van der Waals surface area contributed by atoms with Crippen molar-refractivity contribution in [2.75, 3.05) is 33.2 Å². The highest BCUT2D eigenvalue weighted by Gasteiger charge is 2.21. The Bertz CT molecular complexity index is 489. The summed E-state index contributed by atoms with van der Waals surface area (Å²) < 4.78 is 1.45. The van der Waals surface area contributed by atoms with E-state index < -0.39 is 5.97 Å². The predicted octanol–water partition coefficient (Wildman–Crippen LogP) is -0.336. The molecule has 7 heteroatoms. The van der Waals surface area contributed by atoms with Crippen molar-refractivity contribution in [3.05, 3.63) is 17.5 Å². The number of rotatable bonds is 3. The molecule has 7 nitrogen and oxygen atoms in total. The molecular weight excluding hydrogens is 248 g/mol. The Labute approximate surface area is 111 Å². The van der Waals surface area contributed by atoms with Gasteiger partial charge in [-0.05, 0) is 14.0 Å². The fourth-order valence-corrected chi connectivity index (χ4v) is 2.10. The van der Waals surface area contributed by atoms with Gasteiger partial charge in [0.2, 0.25) is 5.91 Å². The predicted molar refractivity (Wildman–Crippen MR) is 68.0 cm³/mol. The van der Waals surface area contributed by atoms with Gasteiger partial charge in [-0.2, -0.15) is 5.10 Å². The van der Waals surface area contributed by atoms with Crippen molar-refractivity contribution < 1.29 is 14.7 Å². The normalized spacial score (nSPS) is 16.6. The Morgan fingerprint density at radius 3 is 2.47 bits per heavy atom. The molecule has 1 aromatic heterocycles. The lowest BCUT2D eigenvalue weighted by Crippen LogP contribution is -2.48. The molecule has 104 valence electrons. The maximum atomic E-state index is 12.1. The molecule has 0 bridgehead atoms. The Morgan fingerprint density at radius 1 is 1.32 bits per heavy atom. The molecule has 1 aromatic rings. The van der Waals surface area contributed by atoms with Gasteiger partial charge in [0, 0.05) is 26.2 Å². The molecule has 1 saturated heterocycles. The minimum atomic E-state index is -1.02. The van der Waals surface area contributed by atoms with Crippen LogP contribution in [0, 0.1) is 6.92 Å². The maximum absolute atomic E-state index is 12.1. The first kappa shape index (κ1) is 13.5. The van der Waals surface area contributed by atoms with E-state index in [2.05, 4.69) is 10.00 Å². The molecule has 0 aliphatic carbocycles. The van der Waals surface area contributed by atoms with E-state index in [1.54, 1.807) is 11.8 Å². The molecule has 0 radical (unpaired) electrons. The summed E-state index contributed by atoms with van der Waals surface area (Å²) in [5.41, 5.74) is 0.654. The summed E-state index contributed by atoms with van der Waals surface area (Å²) in [6, 6.07) is 0. The minimum Gasteiger partial charge on any atom is -0.478 e. The third-order valence-electron chi connectivity index (χ3n) is 3.47. The zero-order valence-electron chi connectivity index (χ0n) is 11.2. The van der Waals surface area contributed by atoms with Gasteiger partial charge >= 0.3 is 5.97 Å². The maximum Gasteiger partial charge on any atom is 0.339 e. The largest absolute Gasteiger partial charge is 0.478 e. The number of nitrogens with zero attached hydrogens (tertiary/aromatic N) is 4. The summed E-state index contributed by atoms with van der Waals surface area (Å²) in [6.07, 6.45) is 1.29. The number of likely N-dealkylation sites (N-methyl/N-ethyl adjacent to an activating group) is 1. The van der Waals surface area contributed by atoms with Crippen LogP contribution in [0.1, 0.15) is 16.1 Å². The summed E-state index contributed by atoms with van der Waals surface area (Å²) in [6.45, 7) is 4.91. The SMILES string of the molecule is Cc1c(C(=O)O)cnn1CC(=O)N1CCN(C)CC1. The van der Waals surface area contributed by atoms with Crippen molar-refractivity contribution in [2.45, 2.75) is 13.5 Å². The molecule has 1 aliphatic rings. The van der Waals surface area contributed by atoms with Crippen LogP contribution in [-0.2, 0) is 11.3 Å². The summed E-state index contributed by atoms with van der Waals surface area (Å²) >= 11 is 0. The fourth-order valence-electron chi connectivity index (χ4n) is 2.10. The third kappa shape index (κ3) is 2.93. The monoisotopic (exact) mass is 266 g/mol. The first-order valence-corrected chi connectivity index (χ1v) is 6.21. The topological polar surface area (TPSA) is 78.7 Å². The van der Waals surface area contributed by atoms with Gasteiger partial charge in [-0.1, -0.05) is 0 Å². The molecule has 1 amide bonds. The van der Waals surface area contributed by atoms with Crippen LogP contribution < -0.4 is 0 Å². The summed E-state index contributed by atoms with van der Waals surface area (Å²) in [7, 11) is 2.03. The van der Waals surface area contributed by atoms with E-state index in [4.69, 9.17) is 5.11 Å². The lowest BCUT2D eigenvalue weighted by Gasteiger charge is -2.32. The lowest BCUT2D eigenvalue weighted by atomic mass is 10.2. The van der Waals surface area contributed by atoms with Crippen LogP contribution in [0.25, 0.3) is 0 Å². The van der Waals surface area contributed by atoms with Crippen molar-refractivity contribution in [2.24, 2.45) is 0 Å². The Morgan fingerprint density at radius 2 is 1.95 bits per heavy atom. The number of aromatic nitrogens is 2. The number of carboxylic acids is 1. The molecular formula is C12H18N4O3. The average molecular weight is 266 g/mol. The van der Waals surface area contributed by atoms with Gasteiger partial charge in [-0.3, -0.25) is 9.48 Å². The van der Waals surface area contributed by atoms with Gasteiger partial charge in [-0.25, -0.2) is 4.79 Å². The van der Waals surface area contributed by atoms with Gasteiger partial charge in [0.25, 0.3) is 0 Å².